The molecular formula is C20H27NO2. The third-order valence-corrected chi connectivity index (χ3v) is 4.31. The number of esters is 1. The molecule has 0 heterocycles. The van der Waals surface area contributed by atoms with Gasteiger partial charge in [0.25, 0.3) is 0 Å². The second-order valence-electron chi connectivity index (χ2n) is 6.12. The third-order valence-electron chi connectivity index (χ3n) is 4.31. The van der Waals surface area contributed by atoms with Crippen molar-refractivity contribution in [3.63, 3.8) is 0 Å². The molecule has 3 nitrogen and oxygen atoms in total. The summed E-state index contributed by atoms with van der Waals surface area (Å²) in [5.74, 6) is 5.80. The zero-order valence-corrected chi connectivity index (χ0v) is 14.1. The van der Waals surface area contributed by atoms with Gasteiger partial charge in [0.15, 0.2) is 0 Å². The van der Waals surface area contributed by atoms with Crippen molar-refractivity contribution >= 4 is 11.7 Å². The molecule has 0 aliphatic heterocycles. The minimum atomic E-state index is -0.475. The van der Waals surface area contributed by atoms with Crippen molar-refractivity contribution in [3.8, 4) is 11.8 Å². The number of anilines is 1. The van der Waals surface area contributed by atoms with Gasteiger partial charge in [0, 0.05) is 23.7 Å². The van der Waals surface area contributed by atoms with Crippen LogP contribution in [0.2, 0.25) is 0 Å². The van der Waals surface area contributed by atoms with E-state index in [0.717, 1.165) is 23.7 Å². The van der Waals surface area contributed by atoms with Gasteiger partial charge in [-0.1, -0.05) is 44.4 Å². The largest absolute Gasteiger partial charge is 0.456 e. The highest BCUT2D eigenvalue weighted by molar-refractivity contribution is 5.89. The lowest BCUT2D eigenvalue weighted by atomic mass is 10.0. The first-order chi connectivity index (χ1) is 11.3. The molecule has 3 heteroatoms. The molecule has 0 atom stereocenters. The molecule has 0 amide bonds. The summed E-state index contributed by atoms with van der Waals surface area (Å²) in [6, 6.07) is 7.86. The fourth-order valence-electron chi connectivity index (χ4n) is 3.05. The highest BCUT2D eigenvalue weighted by Crippen LogP contribution is 2.28. The number of ether oxygens (including phenoxy) is 1. The molecule has 0 spiro atoms. The molecule has 23 heavy (non-hydrogen) atoms. The molecule has 124 valence electrons. The number of carbonyl (C=O) groups excluding carboxylic acids is 1. The molecule has 1 fully saturated rings. The first-order valence-electron chi connectivity index (χ1n) is 8.80. The smallest absolute Gasteiger partial charge is 0.384 e. The molecule has 2 rings (SSSR count). The molecule has 1 aliphatic carbocycles. The number of rotatable bonds is 7. The SMILES string of the molecule is CCOC(=O)C#Cc1ccc(NCCCCC2CCCC2)cc1. The van der Waals surface area contributed by atoms with Crippen LogP contribution in [0, 0.1) is 17.8 Å². The van der Waals surface area contributed by atoms with E-state index in [4.69, 9.17) is 4.74 Å². The van der Waals surface area contributed by atoms with Gasteiger partial charge in [0.1, 0.15) is 0 Å². The topological polar surface area (TPSA) is 38.3 Å². The molecular weight excluding hydrogens is 286 g/mol. The van der Waals surface area contributed by atoms with Crippen LogP contribution in [0.4, 0.5) is 5.69 Å². The molecule has 1 aromatic carbocycles. The molecule has 0 bridgehead atoms. The van der Waals surface area contributed by atoms with Crippen molar-refractivity contribution in [2.24, 2.45) is 5.92 Å². The van der Waals surface area contributed by atoms with Crippen molar-refractivity contribution in [2.45, 2.75) is 51.9 Å². The van der Waals surface area contributed by atoms with Crippen molar-refractivity contribution in [2.75, 3.05) is 18.5 Å². The van der Waals surface area contributed by atoms with Gasteiger partial charge in [-0.2, -0.15) is 0 Å². The van der Waals surface area contributed by atoms with Gasteiger partial charge in [-0.25, -0.2) is 4.79 Å². The minimum absolute atomic E-state index is 0.358. The van der Waals surface area contributed by atoms with Crippen LogP contribution in [-0.4, -0.2) is 19.1 Å². The summed E-state index contributed by atoms with van der Waals surface area (Å²) >= 11 is 0. The fraction of sp³-hybridized carbons (Fsp3) is 0.550. The van der Waals surface area contributed by atoms with Gasteiger partial charge >= 0.3 is 5.97 Å². The van der Waals surface area contributed by atoms with Crippen LogP contribution in [0.25, 0.3) is 0 Å². The standard InChI is InChI=1S/C20H27NO2/c1-2-23-20(22)15-12-18-10-13-19(14-11-18)21-16-6-5-9-17-7-3-4-8-17/h10-11,13-14,17,21H,2-9,16H2,1H3. The van der Waals surface area contributed by atoms with Crippen molar-refractivity contribution in [1.29, 1.82) is 0 Å². The summed E-state index contributed by atoms with van der Waals surface area (Å²) in [5.41, 5.74) is 1.93. The Hall–Kier alpha value is -1.95. The fourth-order valence-corrected chi connectivity index (χ4v) is 3.05. The van der Waals surface area contributed by atoms with Crippen LogP contribution in [0.5, 0.6) is 0 Å². The normalized spacial score (nSPS) is 14.1. The number of unbranched alkanes of at least 4 members (excludes halogenated alkanes) is 1. The maximum atomic E-state index is 11.2. The van der Waals surface area contributed by atoms with E-state index in [-0.39, 0.29) is 0 Å². The summed E-state index contributed by atoms with van der Waals surface area (Å²) in [7, 11) is 0. The van der Waals surface area contributed by atoms with E-state index in [1.54, 1.807) is 6.92 Å². The Morgan fingerprint density at radius 3 is 2.65 bits per heavy atom. The Morgan fingerprint density at radius 2 is 1.96 bits per heavy atom. The van der Waals surface area contributed by atoms with Crippen LogP contribution in [-0.2, 0) is 9.53 Å². The van der Waals surface area contributed by atoms with Gasteiger partial charge in [-0.15, -0.1) is 0 Å². The number of hydrogen-bond donors (Lipinski definition) is 1. The molecule has 0 radical (unpaired) electrons. The predicted octanol–water partition coefficient (Wildman–Crippen LogP) is 4.37. The Morgan fingerprint density at radius 1 is 1.22 bits per heavy atom. The Kier molecular flexibility index (Phi) is 7.52. The molecule has 0 unspecified atom stereocenters. The van der Waals surface area contributed by atoms with Gasteiger partial charge in [0.2, 0.25) is 0 Å². The molecule has 0 aromatic heterocycles. The maximum absolute atomic E-state index is 11.2. The van der Waals surface area contributed by atoms with E-state index in [0.29, 0.717) is 6.61 Å². The summed E-state index contributed by atoms with van der Waals surface area (Å²) in [6.07, 6.45) is 9.71. The Labute approximate surface area is 139 Å². The summed E-state index contributed by atoms with van der Waals surface area (Å²) in [6.45, 7) is 3.14. The minimum Gasteiger partial charge on any atom is -0.456 e. The average molecular weight is 313 g/mol. The van der Waals surface area contributed by atoms with E-state index < -0.39 is 5.97 Å². The molecule has 1 aliphatic rings. The molecule has 1 aromatic rings. The number of hydrogen-bond acceptors (Lipinski definition) is 3. The van der Waals surface area contributed by atoms with Gasteiger partial charge in [-0.3, -0.25) is 0 Å². The van der Waals surface area contributed by atoms with Crippen LogP contribution < -0.4 is 5.32 Å². The van der Waals surface area contributed by atoms with Crippen molar-refractivity contribution in [3.05, 3.63) is 29.8 Å². The highest BCUT2D eigenvalue weighted by Gasteiger charge is 2.13. The lowest BCUT2D eigenvalue weighted by molar-refractivity contribution is -0.136. The van der Waals surface area contributed by atoms with E-state index in [9.17, 15) is 4.79 Å². The van der Waals surface area contributed by atoms with E-state index in [1.165, 1.54) is 44.9 Å². The van der Waals surface area contributed by atoms with E-state index in [2.05, 4.69) is 17.2 Å². The van der Waals surface area contributed by atoms with Crippen LogP contribution >= 0.6 is 0 Å². The van der Waals surface area contributed by atoms with E-state index >= 15 is 0 Å². The van der Waals surface area contributed by atoms with Gasteiger partial charge < -0.3 is 10.1 Å². The number of benzene rings is 1. The average Bonchev–Trinajstić information content (AvgIpc) is 3.07. The van der Waals surface area contributed by atoms with Crippen molar-refractivity contribution < 1.29 is 9.53 Å². The zero-order valence-electron chi connectivity index (χ0n) is 14.1. The van der Waals surface area contributed by atoms with Gasteiger partial charge in [0.05, 0.1) is 6.61 Å². The monoisotopic (exact) mass is 313 g/mol. The predicted molar refractivity (Wildman–Crippen MR) is 94.3 cm³/mol. The maximum Gasteiger partial charge on any atom is 0.384 e. The Bertz CT molecular complexity index is 533. The molecule has 1 N–H and O–H groups in total. The second kappa shape index (κ2) is 9.94. The highest BCUT2D eigenvalue weighted by atomic mass is 16.5. The van der Waals surface area contributed by atoms with Crippen molar-refractivity contribution in [1.82, 2.24) is 0 Å². The molecule has 0 saturated heterocycles. The molecule has 1 saturated carbocycles. The van der Waals surface area contributed by atoms with E-state index in [1.807, 2.05) is 24.3 Å². The summed E-state index contributed by atoms with van der Waals surface area (Å²) in [5, 5.41) is 3.44. The lowest BCUT2D eigenvalue weighted by Crippen LogP contribution is -2.02. The van der Waals surface area contributed by atoms with Crippen LogP contribution in [0.1, 0.15) is 57.4 Å². The lowest BCUT2D eigenvalue weighted by Gasteiger charge is -2.09. The third kappa shape index (κ3) is 6.78. The van der Waals surface area contributed by atoms with Crippen LogP contribution in [0.3, 0.4) is 0 Å². The number of carbonyl (C=O) groups is 1. The first-order valence-corrected chi connectivity index (χ1v) is 8.80. The van der Waals surface area contributed by atoms with Crippen LogP contribution in [0.15, 0.2) is 24.3 Å². The Balaban J connectivity index is 1.65. The summed E-state index contributed by atoms with van der Waals surface area (Å²) in [4.78, 5) is 11.2. The second-order valence-corrected chi connectivity index (χ2v) is 6.12. The zero-order chi connectivity index (χ0) is 16.3. The number of nitrogens with one attached hydrogen (secondary N) is 1. The summed E-state index contributed by atoms with van der Waals surface area (Å²) < 4.78 is 4.78. The van der Waals surface area contributed by atoms with Gasteiger partial charge in [-0.05, 0) is 43.5 Å². The quantitative estimate of drug-likeness (QED) is 0.461. The first kappa shape index (κ1) is 17.4.